The average Bonchev–Trinajstić information content (AvgIpc) is 2.20. The zero-order chi connectivity index (χ0) is 10.7. The van der Waals surface area contributed by atoms with Gasteiger partial charge in [0.05, 0.1) is 5.69 Å². The fourth-order valence-corrected chi connectivity index (χ4v) is 1.30. The Morgan fingerprint density at radius 2 is 2.29 bits per heavy atom. The van der Waals surface area contributed by atoms with E-state index in [0.717, 1.165) is 0 Å². The molecule has 74 valence electrons. The second kappa shape index (κ2) is 3.83. The maximum absolute atomic E-state index is 8.97. The van der Waals surface area contributed by atoms with Crippen molar-refractivity contribution in [2.75, 3.05) is 25.1 Å². The summed E-state index contributed by atoms with van der Waals surface area (Å²) >= 11 is 0. The number of nitrogens with zero attached hydrogens (tertiary/aromatic N) is 3. The first-order valence-electron chi connectivity index (χ1n) is 4.15. The van der Waals surface area contributed by atoms with Crippen molar-refractivity contribution in [2.24, 2.45) is 12.0 Å². The van der Waals surface area contributed by atoms with Gasteiger partial charge in [0.25, 0.3) is 0 Å². The van der Waals surface area contributed by atoms with E-state index >= 15 is 0 Å². The molecule has 0 amide bonds. The van der Waals surface area contributed by atoms with Gasteiger partial charge >= 0.3 is 0 Å². The minimum Gasteiger partial charge on any atom is -0.387 e. The lowest BCUT2D eigenvalue weighted by molar-refractivity contribution is 0.837. The Balaban J connectivity index is 3.71. The van der Waals surface area contributed by atoms with Gasteiger partial charge in [-0.25, -0.2) is 0 Å². The number of hydrogen-bond donors (Lipinski definition) is 2. The predicted octanol–water partition coefficient (Wildman–Crippen LogP) is 0.0512. The van der Waals surface area contributed by atoms with Crippen molar-refractivity contribution in [2.45, 2.75) is 0 Å². The van der Waals surface area contributed by atoms with Crippen LogP contribution in [0, 0.1) is 11.3 Å². The lowest BCUT2D eigenvalue weighted by Gasteiger charge is -2.10. The predicted molar refractivity (Wildman–Crippen MR) is 55.6 cm³/mol. The molecule has 0 spiro atoms. The summed E-state index contributed by atoms with van der Waals surface area (Å²) in [4.78, 5) is 4.03. The molecule has 1 rings (SSSR count). The number of hydrogen-bond acceptors (Lipinski definition) is 4. The summed E-state index contributed by atoms with van der Waals surface area (Å²) in [5.74, 6) is 0.564. The van der Waals surface area contributed by atoms with Crippen molar-refractivity contribution < 1.29 is 0 Å². The monoisotopic (exact) mass is 191 g/mol. The fourth-order valence-electron chi connectivity index (χ4n) is 1.30. The van der Waals surface area contributed by atoms with Crippen molar-refractivity contribution in [3.63, 3.8) is 0 Å². The molecule has 0 radical (unpaired) electrons. The summed E-state index contributed by atoms with van der Waals surface area (Å²) in [5.41, 5.74) is 7.53. The van der Waals surface area contributed by atoms with Crippen LogP contribution in [0.4, 0.5) is 11.5 Å². The molecule has 0 bridgehead atoms. The molecular formula is C9H13N5. The SMILES string of the molecule is C/N=c1\c(C#N)c(NC)cc(N)n1C. The van der Waals surface area contributed by atoms with Crippen LogP contribution in [-0.4, -0.2) is 18.7 Å². The number of nitrogens with one attached hydrogen (secondary N) is 1. The third-order valence-corrected chi connectivity index (χ3v) is 2.08. The van der Waals surface area contributed by atoms with Crippen LogP contribution in [0.1, 0.15) is 5.56 Å². The molecule has 0 atom stereocenters. The molecule has 0 saturated heterocycles. The number of anilines is 2. The summed E-state index contributed by atoms with van der Waals surface area (Å²) in [6, 6.07) is 3.82. The molecule has 0 aromatic carbocycles. The van der Waals surface area contributed by atoms with Crippen LogP contribution in [0.2, 0.25) is 0 Å². The van der Waals surface area contributed by atoms with E-state index in [-0.39, 0.29) is 0 Å². The summed E-state index contributed by atoms with van der Waals surface area (Å²) in [6.07, 6.45) is 0. The first-order valence-corrected chi connectivity index (χ1v) is 4.15. The standard InChI is InChI=1S/C9H13N5/c1-12-7-4-8(11)14(3)9(13-2)6(7)5-10/h4,12H,11H2,1-3H3/b13-9+. The van der Waals surface area contributed by atoms with Gasteiger partial charge in [-0.2, -0.15) is 5.26 Å². The first kappa shape index (κ1) is 10.1. The maximum Gasteiger partial charge on any atom is 0.148 e. The van der Waals surface area contributed by atoms with E-state index in [9.17, 15) is 0 Å². The highest BCUT2D eigenvalue weighted by atomic mass is 15.1. The lowest BCUT2D eigenvalue weighted by Crippen LogP contribution is -2.25. The highest BCUT2D eigenvalue weighted by molar-refractivity contribution is 5.60. The topological polar surface area (TPSA) is 79.1 Å². The molecule has 14 heavy (non-hydrogen) atoms. The van der Waals surface area contributed by atoms with Crippen molar-refractivity contribution in [3.8, 4) is 6.07 Å². The van der Waals surface area contributed by atoms with Crippen LogP contribution < -0.4 is 16.5 Å². The van der Waals surface area contributed by atoms with Gasteiger partial charge in [0, 0.05) is 27.2 Å². The maximum atomic E-state index is 8.97. The van der Waals surface area contributed by atoms with Crippen LogP contribution in [0.15, 0.2) is 11.1 Å². The Labute approximate surface area is 82.5 Å². The van der Waals surface area contributed by atoms with Gasteiger partial charge < -0.3 is 15.6 Å². The molecule has 3 N–H and O–H groups in total. The molecule has 1 heterocycles. The Morgan fingerprint density at radius 1 is 1.64 bits per heavy atom. The summed E-state index contributed by atoms with van der Waals surface area (Å²) < 4.78 is 1.68. The zero-order valence-corrected chi connectivity index (χ0v) is 8.50. The molecule has 0 aliphatic heterocycles. The van der Waals surface area contributed by atoms with Crippen molar-refractivity contribution in [1.82, 2.24) is 4.57 Å². The van der Waals surface area contributed by atoms with Crippen LogP contribution in [0.5, 0.6) is 0 Å². The van der Waals surface area contributed by atoms with Gasteiger partial charge in [-0.05, 0) is 0 Å². The average molecular weight is 191 g/mol. The highest BCUT2D eigenvalue weighted by Gasteiger charge is 2.07. The summed E-state index contributed by atoms with van der Waals surface area (Å²) in [7, 11) is 5.15. The van der Waals surface area contributed by atoms with E-state index < -0.39 is 0 Å². The molecule has 1 aromatic rings. The minimum absolute atomic E-state index is 0.506. The minimum atomic E-state index is 0.506. The quantitative estimate of drug-likeness (QED) is 0.658. The van der Waals surface area contributed by atoms with Gasteiger partial charge in [0.1, 0.15) is 22.9 Å². The van der Waals surface area contributed by atoms with Crippen LogP contribution >= 0.6 is 0 Å². The van der Waals surface area contributed by atoms with E-state index in [0.29, 0.717) is 22.6 Å². The van der Waals surface area contributed by atoms with E-state index in [2.05, 4.69) is 16.4 Å². The van der Waals surface area contributed by atoms with E-state index in [4.69, 9.17) is 11.0 Å². The molecule has 0 aliphatic rings. The number of nitrogen functional groups attached to an aromatic ring is 1. The number of nitriles is 1. The number of nitrogens with two attached hydrogens (primary N) is 1. The third kappa shape index (κ3) is 1.42. The number of rotatable bonds is 1. The normalized spacial score (nSPS) is 11.1. The fraction of sp³-hybridized carbons (Fsp3) is 0.333. The molecule has 0 unspecified atom stereocenters. The third-order valence-electron chi connectivity index (χ3n) is 2.08. The molecule has 0 aliphatic carbocycles. The molecule has 0 fully saturated rings. The van der Waals surface area contributed by atoms with Gasteiger partial charge in [-0.1, -0.05) is 0 Å². The summed E-state index contributed by atoms with van der Waals surface area (Å²) in [6.45, 7) is 0. The van der Waals surface area contributed by atoms with Gasteiger partial charge in [0.15, 0.2) is 0 Å². The Kier molecular flexibility index (Phi) is 2.77. The van der Waals surface area contributed by atoms with Crippen molar-refractivity contribution >= 4 is 11.5 Å². The van der Waals surface area contributed by atoms with Gasteiger partial charge in [-0.3, -0.25) is 4.99 Å². The smallest absolute Gasteiger partial charge is 0.148 e. The van der Waals surface area contributed by atoms with E-state index in [1.54, 1.807) is 31.8 Å². The number of pyridine rings is 1. The first-order chi connectivity index (χ1) is 6.65. The molecule has 0 saturated carbocycles. The van der Waals surface area contributed by atoms with Gasteiger partial charge in [0.2, 0.25) is 0 Å². The molecular weight excluding hydrogens is 178 g/mol. The second-order valence-corrected chi connectivity index (χ2v) is 2.83. The van der Waals surface area contributed by atoms with Crippen LogP contribution in [0.25, 0.3) is 0 Å². The highest BCUT2D eigenvalue weighted by Crippen LogP contribution is 2.12. The Morgan fingerprint density at radius 3 is 2.71 bits per heavy atom. The molecule has 1 aromatic heterocycles. The molecule has 5 nitrogen and oxygen atoms in total. The zero-order valence-electron chi connectivity index (χ0n) is 8.50. The van der Waals surface area contributed by atoms with Crippen LogP contribution in [0.3, 0.4) is 0 Å². The molecule has 5 heteroatoms. The van der Waals surface area contributed by atoms with Crippen molar-refractivity contribution in [3.05, 3.63) is 17.1 Å². The van der Waals surface area contributed by atoms with Crippen LogP contribution in [-0.2, 0) is 7.05 Å². The van der Waals surface area contributed by atoms with E-state index in [1.165, 1.54) is 0 Å². The van der Waals surface area contributed by atoms with Crippen molar-refractivity contribution in [1.29, 1.82) is 5.26 Å². The number of aromatic nitrogens is 1. The summed E-state index contributed by atoms with van der Waals surface area (Å²) in [5, 5.41) is 11.9. The Bertz CT molecular complexity index is 449. The van der Waals surface area contributed by atoms with Gasteiger partial charge in [-0.15, -0.1) is 0 Å². The van der Waals surface area contributed by atoms with E-state index in [1.807, 2.05) is 0 Å². The largest absolute Gasteiger partial charge is 0.387 e. The Hall–Kier alpha value is -1.96. The second-order valence-electron chi connectivity index (χ2n) is 2.83. The lowest BCUT2D eigenvalue weighted by atomic mass is 10.2.